The Morgan fingerprint density at radius 1 is 1.44 bits per heavy atom. The zero-order valence-electron chi connectivity index (χ0n) is 10.6. The molecule has 0 spiro atoms. The molecule has 0 bridgehead atoms. The zero-order valence-corrected chi connectivity index (χ0v) is 13.0. The molecule has 1 unspecified atom stereocenters. The number of likely N-dealkylation sites (N-methyl/N-ethyl adjacent to an activating group) is 1. The fourth-order valence-corrected chi connectivity index (χ4v) is 3.40. The fourth-order valence-electron chi connectivity index (χ4n) is 1.90. The molecule has 1 N–H and O–H groups in total. The van der Waals surface area contributed by atoms with E-state index in [1.807, 2.05) is 13.1 Å². The summed E-state index contributed by atoms with van der Waals surface area (Å²) in [7, 11) is 0. The Labute approximate surface area is 121 Å². The summed E-state index contributed by atoms with van der Waals surface area (Å²) in [6.07, 6.45) is 2.99. The molecule has 2 rings (SSSR count). The van der Waals surface area contributed by atoms with Crippen molar-refractivity contribution in [2.75, 3.05) is 6.54 Å². The van der Waals surface area contributed by atoms with Crippen LogP contribution in [0.4, 0.5) is 0 Å². The quantitative estimate of drug-likeness (QED) is 0.895. The second kappa shape index (κ2) is 6.45. The number of nitrogens with one attached hydrogen (secondary N) is 1. The molecule has 0 saturated carbocycles. The highest BCUT2D eigenvalue weighted by Gasteiger charge is 2.12. The largest absolute Gasteiger partial charge is 0.310 e. The van der Waals surface area contributed by atoms with E-state index in [0.29, 0.717) is 6.04 Å². The van der Waals surface area contributed by atoms with Crippen LogP contribution in [-0.4, -0.2) is 11.5 Å². The summed E-state index contributed by atoms with van der Waals surface area (Å²) in [5, 5.41) is 5.66. The summed E-state index contributed by atoms with van der Waals surface area (Å²) in [5.41, 5.74) is 2.32. The van der Waals surface area contributed by atoms with Gasteiger partial charge in [0.2, 0.25) is 0 Å². The highest BCUT2D eigenvalue weighted by molar-refractivity contribution is 9.10. The number of aromatic nitrogens is 1. The summed E-state index contributed by atoms with van der Waals surface area (Å²) in [6.45, 7) is 5.12. The maximum atomic E-state index is 4.38. The molecule has 18 heavy (non-hydrogen) atoms. The molecule has 2 aromatic rings. The number of hydrogen-bond acceptors (Lipinski definition) is 3. The van der Waals surface area contributed by atoms with Crippen molar-refractivity contribution in [3.05, 3.63) is 50.4 Å². The van der Waals surface area contributed by atoms with Gasteiger partial charge in [0.25, 0.3) is 0 Å². The van der Waals surface area contributed by atoms with Crippen LogP contribution in [0.15, 0.2) is 34.2 Å². The Morgan fingerprint density at radius 2 is 2.28 bits per heavy atom. The van der Waals surface area contributed by atoms with Crippen molar-refractivity contribution in [1.82, 2.24) is 10.3 Å². The topological polar surface area (TPSA) is 24.9 Å². The van der Waals surface area contributed by atoms with Crippen molar-refractivity contribution in [3.63, 3.8) is 0 Å². The summed E-state index contributed by atoms with van der Waals surface area (Å²) in [4.78, 5) is 5.77. The number of thiophene rings is 1. The van der Waals surface area contributed by atoms with Gasteiger partial charge in [0.1, 0.15) is 0 Å². The molecule has 0 fully saturated rings. The minimum absolute atomic E-state index is 0.341. The number of hydrogen-bond donors (Lipinski definition) is 1. The van der Waals surface area contributed by atoms with E-state index in [4.69, 9.17) is 0 Å². The molecule has 0 aliphatic heterocycles. The van der Waals surface area contributed by atoms with E-state index >= 15 is 0 Å². The first-order chi connectivity index (χ1) is 8.69. The maximum absolute atomic E-state index is 4.38. The van der Waals surface area contributed by atoms with Gasteiger partial charge in [-0.1, -0.05) is 13.0 Å². The lowest BCUT2D eigenvalue weighted by atomic mass is 10.0. The first kappa shape index (κ1) is 13.7. The Kier molecular flexibility index (Phi) is 4.92. The van der Waals surface area contributed by atoms with Crippen LogP contribution in [-0.2, 0) is 6.42 Å². The smallest absolute Gasteiger partial charge is 0.0384 e. The normalized spacial score (nSPS) is 12.6. The van der Waals surface area contributed by atoms with Gasteiger partial charge in [0.05, 0.1) is 0 Å². The van der Waals surface area contributed by atoms with Crippen molar-refractivity contribution >= 4 is 27.3 Å². The van der Waals surface area contributed by atoms with E-state index in [2.05, 4.69) is 56.7 Å². The molecule has 2 nitrogen and oxygen atoms in total. The first-order valence-electron chi connectivity index (χ1n) is 6.08. The number of rotatable bonds is 5. The lowest BCUT2D eigenvalue weighted by Crippen LogP contribution is -2.22. The van der Waals surface area contributed by atoms with Gasteiger partial charge in [-0.25, -0.2) is 0 Å². The minimum Gasteiger partial charge on any atom is -0.310 e. The summed E-state index contributed by atoms with van der Waals surface area (Å²) < 4.78 is 1.17. The monoisotopic (exact) mass is 324 g/mol. The van der Waals surface area contributed by atoms with Crippen LogP contribution in [0.1, 0.15) is 29.1 Å². The molecule has 0 aromatic carbocycles. The Balaban J connectivity index is 2.14. The van der Waals surface area contributed by atoms with Crippen molar-refractivity contribution in [2.24, 2.45) is 0 Å². The number of pyridine rings is 1. The molecule has 4 heteroatoms. The van der Waals surface area contributed by atoms with Gasteiger partial charge < -0.3 is 5.32 Å². The molecule has 96 valence electrons. The van der Waals surface area contributed by atoms with Gasteiger partial charge >= 0.3 is 0 Å². The molecule has 2 aromatic heterocycles. The molecule has 0 aliphatic rings. The Morgan fingerprint density at radius 3 is 2.83 bits per heavy atom. The van der Waals surface area contributed by atoms with Crippen molar-refractivity contribution in [3.8, 4) is 0 Å². The van der Waals surface area contributed by atoms with Crippen molar-refractivity contribution in [1.29, 1.82) is 0 Å². The van der Waals surface area contributed by atoms with Crippen LogP contribution in [0.5, 0.6) is 0 Å². The minimum atomic E-state index is 0.341. The van der Waals surface area contributed by atoms with Crippen LogP contribution in [0.25, 0.3) is 0 Å². The first-order valence-corrected chi connectivity index (χ1v) is 7.75. The third-order valence-electron chi connectivity index (χ3n) is 2.81. The molecule has 2 heterocycles. The molecule has 0 aliphatic carbocycles. The molecule has 0 saturated heterocycles. The van der Waals surface area contributed by atoms with Gasteiger partial charge in [-0.2, -0.15) is 0 Å². The van der Waals surface area contributed by atoms with E-state index in [-0.39, 0.29) is 0 Å². The third-order valence-corrected chi connectivity index (χ3v) is 4.53. The average Bonchev–Trinajstić information content (AvgIpc) is 2.75. The fraction of sp³-hybridized carbons (Fsp3) is 0.357. The molecular formula is C14H17BrN2S. The highest BCUT2D eigenvalue weighted by atomic mass is 79.9. The van der Waals surface area contributed by atoms with Crippen LogP contribution < -0.4 is 5.32 Å². The average molecular weight is 325 g/mol. The predicted molar refractivity (Wildman–Crippen MR) is 81.1 cm³/mol. The van der Waals surface area contributed by atoms with Gasteiger partial charge in [-0.15, -0.1) is 11.3 Å². The molecule has 1 atom stereocenters. The van der Waals surface area contributed by atoms with Gasteiger partial charge in [0, 0.05) is 39.1 Å². The van der Waals surface area contributed by atoms with Gasteiger partial charge in [-0.05, 0) is 47.1 Å². The van der Waals surface area contributed by atoms with Crippen LogP contribution in [0, 0.1) is 6.92 Å². The Bertz CT molecular complexity index is 493. The second-order valence-electron chi connectivity index (χ2n) is 4.28. The summed E-state index contributed by atoms with van der Waals surface area (Å²) in [6, 6.07) is 6.77. The Hall–Kier alpha value is -0.710. The number of halogens is 1. The summed E-state index contributed by atoms with van der Waals surface area (Å²) >= 11 is 5.30. The van der Waals surface area contributed by atoms with E-state index in [1.54, 1.807) is 11.3 Å². The summed E-state index contributed by atoms with van der Waals surface area (Å²) in [5.74, 6) is 0. The van der Waals surface area contributed by atoms with E-state index < -0.39 is 0 Å². The van der Waals surface area contributed by atoms with Crippen LogP contribution in [0.2, 0.25) is 0 Å². The number of aryl methyl sites for hydroxylation is 1. The standard InChI is InChI=1S/C14H17BrN2S/c1-3-16-14(7-13-6-12(15)9-18-13)11-5-4-10(2)17-8-11/h4-6,8-9,14,16H,3,7H2,1-2H3. The predicted octanol–water partition coefficient (Wildman–Crippen LogP) is 4.11. The van der Waals surface area contributed by atoms with Crippen LogP contribution >= 0.6 is 27.3 Å². The zero-order chi connectivity index (χ0) is 13.0. The van der Waals surface area contributed by atoms with Crippen molar-refractivity contribution in [2.45, 2.75) is 26.3 Å². The van der Waals surface area contributed by atoms with E-state index in [0.717, 1.165) is 18.7 Å². The molecule has 0 radical (unpaired) electrons. The highest BCUT2D eigenvalue weighted by Crippen LogP contribution is 2.25. The van der Waals surface area contributed by atoms with E-state index in [1.165, 1.54) is 14.9 Å². The third kappa shape index (κ3) is 3.64. The SMILES string of the molecule is CCNC(Cc1cc(Br)cs1)c1ccc(C)nc1. The van der Waals surface area contributed by atoms with Crippen LogP contribution in [0.3, 0.4) is 0 Å². The second-order valence-corrected chi connectivity index (χ2v) is 6.19. The number of nitrogens with zero attached hydrogens (tertiary/aromatic N) is 1. The van der Waals surface area contributed by atoms with Gasteiger partial charge in [-0.3, -0.25) is 4.98 Å². The van der Waals surface area contributed by atoms with Crippen molar-refractivity contribution < 1.29 is 0 Å². The lowest BCUT2D eigenvalue weighted by Gasteiger charge is -2.17. The lowest BCUT2D eigenvalue weighted by molar-refractivity contribution is 0.551. The molecule has 0 amide bonds. The maximum Gasteiger partial charge on any atom is 0.0384 e. The van der Waals surface area contributed by atoms with Gasteiger partial charge in [0.15, 0.2) is 0 Å². The van der Waals surface area contributed by atoms with E-state index in [9.17, 15) is 0 Å². The molecular weight excluding hydrogens is 308 g/mol.